The molecule has 0 N–H and O–H groups in total. The SMILES string of the molecule is Cc1cccc(I)c1C(=O)OC(C)(C)C. The molecule has 1 aromatic rings. The van der Waals surface area contributed by atoms with Crippen LogP contribution in [0, 0.1) is 10.5 Å². The van der Waals surface area contributed by atoms with E-state index in [2.05, 4.69) is 22.6 Å². The Morgan fingerprint density at radius 1 is 1.33 bits per heavy atom. The van der Waals surface area contributed by atoms with E-state index in [1.807, 2.05) is 45.9 Å². The van der Waals surface area contributed by atoms with E-state index in [9.17, 15) is 4.79 Å². The Balaban J connectivity index is 3.02. The van der Waals surface area contributed by atoms with Gasteiger partial charge in [0.25, 0.3) is 0 Å². The lowest BCUT2D eigenvalue weighted by Crippen LogP contribution is -2.24. The van der Waals surface area contributed by atoms with Crippen molar-refractivity contribution >= 4 is 28.6 Å². The molecule has 0 amide bonds. The van der Waals surface area contributed by atoms with E-state index >= 15 is 0 Å². The number of carbonyl (C=O) groups excluding carboxylic acids is 1. The average Bonchev–Trinajstić information content (AvgIpc) is 1.99. The van der Waals surface area contributed by atoms with Crippen LogP contribution < -0.4 is 0 Å². The number of hydrogen-bond acceptors (Lipinski definition) is 2. The summed E-state index contributed by atoms with van der Waals surface area (Å²) < 4.78 is 6.27. The Labute approximate surface area is 104 Å². The highest BCUT2D eigenvalue weighted by Crippen LogP contribution is 2.20. The molecule has 2 nitrogen and oxygen atoms in total. The fourth-order valence-electron chi connectivity index (χ4n) is 1.22. The van der Waals surface area contributed by atoms with E-state index in [1.54, 1.807) is 0 Å². The first-order chi connectivity index (χ1) is 6.81. The van der Waals surface area contributed by atoms with Crippen LogP contribution in [0.3, 0.4) is 0 Å². The summed E-state index contributed by atoms with van der Waals surface area (Å²) >= 11 is 2.15. The molecule has 0 aliphatic rings. The molecular formula is C12H15IO2. The Hall–Kier alpha value is -0.580. The van der Waals surface area contributed by atoms with E-state index in [-0.39, 0.29) is 5.97 Å². The second kappa shape index (κ2) is 4.51. The largest absolute Gasteiger partial charge is 0.456 e. The number of hydrogen-bond donors (Lipinski definition) is 0. The lowest BCUT2D eigenvalue weighted by Gasteiger charge is -2.20. The maximum atomic E-state index is 11.9. The molecule has 0 saturated carbocycles. The first-order valence-corrected chi connectivity index (χ1v) is 5.87. The quantitative estimate of drug-likeness (QED) is 0.585. The zero-order valence-electron chi connectivity index (χ0n) is 9.43. The molecule has 0 radical (unpaired) electrons. The molecule has 15 heavy (non-hydrogen) atoms. The fourth-order valence-corrected chi connectivity index (χ4v) is 2.07. The summed E-state index contributed by atoms with van der Waals surface area (Å²) in [6.07, 6.45) is 0. The number of esters is 1. The number of rotatable bonds is 1. The molecule has 82 valence electrons. The summed E-state index contributed by atoms with van der Waals surface area (Å²) in [6, 6.07) is 5.76. The van der Waals surface area contributed by atoms with Crippen LogP contribution in [0.5, 0.6) is 0 Å². The average molecular weight is 318 g/mol. The standard InChI is InChI=1S/C12H15IO2/c1-8-6-5-7-9(13)10(8)11(14)15-12(2,3)4/h5-7H,1-4H3. The minimum atomic E-state index is -0.442. The summed E-state index contributed by atoms with van der Waals surface area (Å²) in [6.45, 7) is 7.53. The minimum Gasteiger partial charge on any atom is -0.456 e. The van der Waals surface area contributed by atoms with Crippen LogP contribution in [0.25, 0.3) is 0 Å². The van der Waals surface area contributed by atoms with Crippen LogP contribution in [0.1, 0.15) is 36.7 Å². The summed E-state index contributed by atoms with van der Waals surface area (Å²) in [5.74, 6) is -0.245. The zero-order chi connectivity index (χ0) is 11.6. The predicted molar refractivity (Wildman–Crippen MR) is 69.1 cm³/mol. The lowest BCUT2D eigenvalue weighted by atomic mass is 10.1. The molecule has 1 rings (SSSR count). The van der Waals surface area contributed by atoms with Crippen LogP contribution in [-0.2, 0) is 4.74 Å². The highest BCUT2D eigenvalue weighted by atomic mass is 127. The maximum Gasteiger partial charge on any atom is 0.339 e. The molecule has 0 aromatic heterocycles. The highest BCUT2D eigenvalue weighted by Gasteiger charge is 2.20. The number of benzene rings is 1. The number of halogens is 1. The van der Waals surface area contributed by atoms with Gasteiger partial charge >= 0.3 is 5.97 Å². The highest BCUT2D eigenvalue weighted by molar-refractivity contribution is 14.1. The minimum absolute atomic E-state index is 0.245. The van der Waals surface area contributed by atoms with Crippen molar-refractivity contribution in [3.05, 3.63) is 32.9 Å². The lowest BCUT2D eigenvalue weighted by molar-refractivity contribution is 0.00675. The molecule has 0 saturated heterocycles. The first kappa shape index (κ1) is 12.5. The van der Waals surface area contributed by atoms with Gasteiger partial charge in [0.05, 0.1) is 5.56 Å². The smallest absolute Gasteiger partial charge is 0.339 e. The number of carbonyl (C=O) groups is 1. The molecule has 0 unspecified atom stereocenters. The van der Waals surface area contributed by atoms with Gasteiger partial charge in [-0.1, -0.05) is 12.1 Å². The van der Waals surface area contributed by atoms with Gasteiger partial charge in [-0.2, -0.15) is 0 Å². The molecule has 0 aliphatic carbocycles. The van der Waals surface area contributed by atoms with E-state index in [4.69, 9.17) is 4.74 Å². The van der Waals surface area contributed by atoms with E-state index in [1.165, 1.54) is 0 Å². The van der Waals surface area contributed by atoms with Gasteiger partial charge in [-0.15, -0.1) is 0 Å². The van der Waals surface area contributed by atoms with Gasteiger partial charge in [0, 0.05) is 3.57 Å². The van der Waals surface area contributed by atoms with Crippen LogP contribution >= 0.6 is 22.6 Å². The molecule has 0 fully saturated rings. The van der Waals surface area contributed by atoms with Crippen molar-refractivity contribution in [3.63, 3.8) is 0 Å². The van der Waals surface area contributed by atoms with Crippen molar-refractivity contribution in [3.8, 4) is 0 Å². The predicted octanol–water partition coefficient (Wildman–Crippen LogP) is 3.55. The van der Waals surface area contributed by atoms with Gasteiger partial charge in [-0.3, -0.25) is 0 Å². The van der Waals surface area contributed by atoms with Crippen molar-refractivity contribution in [1.82, 2.24) is 0 Å². The maximum absolute atomic E-state index is 11.9. The molecule has 0 spiro atoms. The van der Waals surface area contributed by atoms with Crippen LogP contribution in [-0.4, -0.2) is 11.6 Å². The third kappa shape index (κ3) is 3.48. The summed E-state index contributed by atoms with van der Waals surface area (Å²) in [4.78, 5) is 11.9. The van der Waals surface area contributed by atoms with Crippen molar-refractivity contribution in [1.29, 1.82) is 0 Å². The van der Waals surface area contributed by atoms with Crippen LogP contribution in [0.4, 0.5) is 0 Å². The second-order valence-corrected chi connectivity index (χ2v) is 5.60. The topological polar surface area (TPSA) is 26.3 Å². The first-order valence-electron chi connectivity index (χ1n) is 4.80. The summed E-state index contributed by atoms with van der Waals surface area (Å²) in [5.41, 5.74) is 1.19. The normalized spacial score (nSPS) is 11.3. The third-order valence-electron chi connectivity index (χ3n) is 1.82. The van der Waals surface area contributed by atoms with Gasteiger partial charge < -0.3 is 4.74 Å². The van der Waals surface area contributed by atoms with Crippen LogP contribution in [0.2, 0.25) is 0 Å². The molecule has 3 heteroatoms. The van der Waals surface area contributed by atoms with E-state index in [0.717, 1.165) is 9.13 Å². The van der Waals surface area contributed by atoms with Crippen molar-refractivity contribution < 1.29 is 9.53 Å². The Kier molecular flexibility index (Phi) is 3.76. The Bertz CT molecular complexity index is 357. The van der Waals surface area contributed by atoms with Crippen LogP contribution in [0.15, 0.2) is 18.2 Å². The number of ether oxygens (including phenoxy) is 1. The molecule has 1 aromatic carbocycles. The Morgan fingerprint density at radius 2 is 1.93 bits per heavy atom. The molecular weight excluding hydrogens is 303 g/mol. The monoisotopic (exact) mass is 318 g/mol. The van der Waals surface area contributed by atoms with Crippen molar-refractivity contribution in [2.75, 3.05) is 0 Å². The molecule has 0 heterocycles. The zero-order valence-corrected chi connectivity index (χ0v) is 11.6. The number of aryl methyl sites for hydroxylation is 1. The van der Waals surface area contributed by atoms with Gasteiger partial charge in [0.15, 0.2) is 0 Å². The summed E-state index contributed by atoms with van der Waals surface area (Å²) in [5, 5.41) is 0. The van der Waals surface area contributed by atoms with Gasteiger partial charge in [-0.25, -0.2) is 4.79 Å². The molecule has 0 aliphatic heterocycles. The molecule has 0 bridgehead atoms. The molecule has 0 atom stereocenters. The third-order valence-corrected chi connectivity index (χ3v) is 2.72. The summed E-state index contributed by atoms with van der Waals surface area (Å²) in [7, 11) is 0. The Morgan fingerprint density at radius 3 is 2.40 bits per heavy atom. The van der Waals surface area contributed by atoms with Gasteiger partial charge in [0.1, 0.15) is 5.60 Å². The van der Waals surface area contributed by atoms with Gasteiger partial charge in [-0.05, 0) is 61.9 Å². The van der Waals surface area contributed by atoms with Crippen molar-refractivity contribution in [2.45, 2.75) is 33.3 Å². The van der Waals surface area contributed by atoms with Crippen molar-refractivity contribution in [2.24, 2.45) is 0 Å². The van der Waals surface area contributed by atoms with Gasteiger partial charge in [0.2, 0.25) is 0 Å². The fraction of sp³-hybridized carbons (Fsp3) is 0.417. The van der Waals surface area contributed by atoms with E-state index in [0.29, 0.717) is 5.56 Å². The van der Waals surface area contributed by atoms with E-state index < -0.39 is 5.60 Å². The second-order valence-electron chi connectivity index (χ2n) is 4.43.